The highest BCUT2D eigenvalue weighted by molar-refractivity contribution is 5.74. The second-order valence-corrected chi connectivity index (χ2v) is 21.3. The normalized spacial score (nSPS) is 18.4. The van der Waals surface area contributed by atoms with Crippen LogP contribution in [0.4, 0.5) is 0 Å². The van der Waals surface area contributed by atoms with E-state index in [0.29, 0.717) is 19.3 Å². The van der Waals surface area contributed by atoms with Gasteiger partial charge in [-0.25, -0.2) is 4.79 Å². The Hall–Kier alpha value is -4.10. The van der Waals surface area contributed by atoms with Crippen LogP contribution in [0.15, 0.2) is 85.1 Å². The van der Waals surface area contributed by atoms with Crippen molar-refractivity contribution < 1.29 is 58.2 Å². The fraction of sp³-hybridized carbons (Fsp3) is 0.731. The smallest absolute Gasteiger partial charge is 0.335 e. The predicted molar refractivity (Wildman–Crippen MR) is 321 cm³/mol. The monoisotopic (exact) mass is 1110 g/mol. The molecule has 79 heavy (non-hydrogen) atoms. The van der Waals surface area contributed by atoms with Gasteiger partial charge < -0.3 is 39.0 Å². The van der Waals surface area contributed by atoms with Crippen LogP contribution in [-0.4, -0.2) is 89.2 Å². The van der Waals surface area contributed by atoms with Gasteiger partial charge in [-0.2, -0.15) is 0 Å². The van der Waals surface area contributed by atoms with Crippen molar-refractivity contribution in [2.75, 3.05) is 13.2 Å². The van der Waals surface area contributed by atoms with Crippen molar-refractivity contribution in [3.63, 3.8) is 0 Å². The number of hydrogen-bond acceptors (Lipinski definition) is 11. The Labute approximate surface area is 480 Å². The lowest BCUT2D eigenvalue weighted by Crippen LogP contribution is -2.61. The van der Waals surface area contributed by atoms with E-state index in [0.717, 1.165) is 141 Å². The number of rotatable bonds is 53. The van der Waals surface area contributed by atoms with Crippen LogP contribution in [0, 0.1) is 0 Å². The first-order valence-electron chi connectivity index (χ1n) is 31.6. The van der Waals surface area contributed by atoms with Gasteiger partial charge in [-0.05, 0) is 116 Å². The molecule has 0 saturated carbocycles. The highest BCUT2D eigenvalue weighted by Crippen LogP contribution is 2.26. The van der Waals surface area contributed by atoms with Crippen molar-refractivity contribution in [1.82, 2.24) is 0 Å². The molecule has 1 fully saturated rings. The minimum Gasteiger partial charge on any atom is -0.479 e. The third kappa shape index (κ3) is 44.3. The second kappa shape index (κ2) is 54.5. The van der Waals surface area contributed by atoms with E-state index >= 15 is 0 Å². The molecular weight excluding hydrogens is 997 g/mol. The Morgan fingerprint density at radius 3 is 1.25 bits per heavy atom. The molecule has 0 aromatic rings. The van der Waals surface area contributed by atoms with E-state index < -0.39 is 67.3 Å². The second-order valence-electron chi connectivity index (χ2n) is 21.3. The van der Waals surface area contributed by atoms with Crippen molar-refractivity contribution in [1.29, 1.82) is 0 Å². The molecule has 1 heterocycles. The number of carboxylic acids is 1. The quantitative estimate of drug-likeness (QED) is 0.0228. The number of hydrogen-bond donors (Lipinski definition) is 3. The average molecular weight is 1110 g/mol. The topological polar surface area (TPSA) is 175 Å². The number of esters is 3. The van der Waals surface area contributed by atoms with Crippen LogP contribution in [0.5, 0.6) is 0 Å². The van der Waals surface area contributed by atoms with Gasteiger partial charge in [0, 0.05) is 19.3 Å². The summed E-state index contributed by atoms with van der Waals surface area (Å²) >= 11 is 0. The summed E-state index contributed by atoms with van der Waals surface area (Å²) in [5.41, 5.74) is 0. The van der Waals surface area contributed by atoms with Crippen LogP contribution in [0.25, 0.3) is 0 Å². The van der Waals surface area contributed by atoms with Crippen molar-refractivity contribution in [3.05, 3.63) is 85.1 Å². The summed E-state index contributed by atoms with van der Waals surface area (Å²) in [6.45, 7) is 5.83. The van der Waals surface area contributed by atoms with Crippen LogP contribution in [-0.2, 0) is 42.9 Å². The van der Waals surface area contributed by atoms with Crippen molar-refractivity contribution in [2.24, 2.45) is 0 Å². The standard InChI is InChI=1S/C67H112O12/c1-4-7-10-13-16-19-22-25-28-30-33-35-38-41-44-47-50-53-59(68)75-56-58(77-60(69)54-51-48-45-42-39-37-34-31-29-26-23-20-17-14-11-8-5-2)57-76-67-65(63(72)62(71)64(79-67)66(73)74)78-61(70)55-52-49-46-43-40-36-32-27-24-21-18-15-12-9-6-3/h7,10,16-17,19-20,25-29,32-33,35,58,62-65,67,71-72H,4-6,8-9,11-15,18,21-24,30-31,34,36-57H2,1-3H3,(H,73,74)/b10-7-,19-16-,20-17-,28-25-,29-26-,32-27-,35-33-. The number of unbranched alkanes of at least 4 members (excludes halogenated alkanes) is 25. The number of aliphatic carboxylic acids is 1. The molecule has 0 aromatic carbocycles. The van der Waals surface area contributed by atoms with Crippen LogP contribution in [0.3, 0.4) is 0 Å². The molecule has 1 rings (SSSR count). The molecule has 0 aromatic heterocycles. The number of carboxylic acid groups (broad SMARTS) is 1. The van der Waals surface area contributed by atoms with Gasteiger partial charge in [-0.3, -0.25) is 14.4 Å². The van der Waals surface area contributed by atoms with Gasteiger partial charge in [0.25, 0.3) is 0 Å². The van der Waals surface area contributed by atoms with Crippen molar-refractivity contribution in [2.45, 2.75) is 302 Å². The maximum absolute atomic E-state index is 13.2. The summed E-state index contributed by atoms with van der Waals surface area (Å²) in [7, 11) is 0. The fourth-order valence-corrected chi connectivity index (χ4v) is 9.09. The van der Waals surface area contributed by atoms with Gasteiger partial charge in [0.2, 0.25) is 0 Å². The van der Waals surface area contributed by atoms with E-state index in [-0.39, 0.29) is 25.9 Å². The van der Waals surface area contributed by atoms with E-state index in [1.165, 1.54) is 64.2 Å². The maximum Gasteiger partial charge on any atom is 0.335 e. The molecule has 0 spiro atoms. The zero-order valence-corrected chi connectivity index (χ0v) is 49.8. The minimum atomic E-state index is -1.91. The number of carbonyl (C=O) groups excluding carboxylic acids is 3. The Bertz CT molecular complexity index is 1700. The number of ether oxygens (including phenoxy) is 5. The van der Waals surface area contributed by atoms with E-state index in [4.69, 9.17) is 23.7 Å². The summed E-state index contributed by atoms with van der Waals surface area (Å²) in [6, 6.07) is 0. The minimum absolute atomic E-state index is 0.0448. The Kier molecular flexibility index (Phi) is 50.3. The molecule has 6 atom stereocenters. The highest BCUT2D eigenvalue weighted by Gasteiger charge is 2.50. The Balaban J connectivity index is 2.70. The van der Waals surface area contributed by atoms with E-state index in [9.17, 15) is 34.5 Å². The van der Waals surface area contributed by atoms with Gasteiger partial charge in [0.1, 0.15) is 18.8 Å². The molecule has 1 aliphatic rings. The lowest BCUT2D eigenvalue weighted by molar-refractivity contribution is -0.301. The van der Waals surface area contributed by atoms with Crippen LogP contribution in [0.2, 0.25) is 0 Å². The molecule has 452 valence electrons. The van der Waals surface area contributed by atoms with Crippen LogP contribution in [0.1, 0.15) is 265 Å². The molecule has 1 aliphatic heterocycles. The zero-order chi connectivity index (χ0) is 57.5. The number of aliphatic hydroxyl groups excluding tert-OH is 2. The van der Waals surface area contributed by atoms with Crippen molar-refractivity contribution >= 4 is 23.9 Å². The SMILES string of the molecule is CC/C=C\C/C=C\C/C=C\C/C=C\CCCCCCC(=O)OCC(COC1OC(C(=O)O)C(O)C(O)C1OC(=O)CCCCCCC/C=C\CCCCCCCC)OC(=O)CCCCCCCCC/C=C\C/C=C\CCCCC. The lowest BCUT2D eigenvalue weighted by atomic mass is 9.98. The van der Waals surface area contributed by atoms with Gasteiger partial charge in [-0.1, -0.05) is 215 Å². The molecule has 6 unspecified atom stereocenters. The van der Waals surface area contributed by atoms with E-state index in [1.807, 2.05) is 0 Å². The number of allylic oxidation sites excluding steroid dienone is 14. The molecule has 0 radical (unpaired) electrons. The highest BCUT2D eigenvalue weighted by atomic mass is 16.7. The van der Waals surface area contributed by atoms with Gasteiger partial charge in [-0.15, -0.1) is 0 Å². The summed E-state index contributed by atoms with van der Waals surface area (Å²) in [6.07, 6.45) is 58.2. The molecule has 12 nitrogen and oxygen atoms in total. The number of carbonyl (C=O) groups is 4. The first-order valence-corrected chi connectivity index (χ1v) is 31.6. The predicted octanol–water partition coefficient (Wildman–Crippen LogP) is 16.7. The fourth-order valence-electron chi connectivity index (χ4n) is 9.09. The molecule has 12 heteroatoms. The third-order valence-electron chi connectivity index (χ3n) is 13.9. The third-order valence-corrected chi connectivity index (χ3v) is 13.9. The van der Waals surface area contributed by atoms with Gasteiger partial charge in [0.05, 0.1) is 6.61 Å². The summed E-state index contributed by atoms with van der Waals surface area (Å²) in [5, 5.41) is 31.5. The van der Waals surface area contributed by atoms with Gasteiger partial charge in [0.15, 0.2) is 24.6 Å². The van der Waals surface area contributed by atoms with Crippen LogP contribution >= 0.6 is 0 Å². The molecule has 1 saturated heterocycles. The first kappa shape index (κ1) is 72.9. The van der Waals surface area contributed by atoms with Gasteiger partial charge >= 0.3 is 23.9 Å². The molecule has 0 aliphatic carbocycles. The number of aliphatic hydroxyl groups is 2. The lowest BCUT2D eigenvalue weighted by Gasteiger charge is -2.40. The summed E-state index contributed by atoms with van der Waals surface area (Å²) < 4.78 is 28.5. The first-order chi connectivity index (χ1) is 38.6. The molecule has 0 amide bonds. The molecule has 3 N–H and O–H groups in total. The largest absolute Gasteiger partial charge is 0.479 e. The summed E-state index contributed by atoms with van der Waals surface area (Å²) in [5.74, 6) is -3.17. The molecule has 0 bridgehead atoms. The van der Waals surface area contributed by atoms with Crippen LogP contribution < -0.4 is 0 Å². The Morgan fingerprint density at radius 2 is 0.797 bits per heavy atom. The van der Waals surface area contributed by atoms with E-state index in [2.05, 4.69) is 106 Å². The average Bonchev–Trinajstić information content (AvgIpc) is 3.46. The summed E-state index contributed by atoms with van der Waals surface area (Å²) in [4.78, 5) is 51.3. The van der Waals surface area contributed by atoms with E-state index in [1.54, 1.807) is 0 Å². The molecular formula is C67H112O12. The maximum atomic E-state index is 13.2. The zero-order valence-electron chi connectivity index (χ0n) is 49.8. The van der Waals surface area contributed by atoms with Crippen molar-refractivity contribution in [3.8, 4) is 0 Å². The Morgan fingerprint density at radius 1 is 0.430 bits per heavy atom.